The van der Waals surface area contributed by atoms with Crippen LogP contribution in [0.4, 0.5) is 0 Å². The van der Waals surface area contributed by atoms with Crippen LogP contribution in [0.3, 0.4) is 0 Å². The third kappa shape index (κ3) is 2.59. The van der Waals surface area contributed by atoms with Crippen LogP contribution in [0.15, 0.2) is 71.7 Å². The van der Waals surface area contributed by atoms with Crippen LogP contribution in [0.1, 0.15) is 11.1 Å². The number of hydrogen-bond acceptors (Lipinski definition) is 1. The first kappa shape index (κ1) is 13.6. The van der Waals surface area contributed by atoms with Crippen molar-refractivity contribution in [3.8, 4) is 0 Å². The van der Waals surface area contributed by atoms with Crippen molar-refractivity contribution in [3.63, 3.8) is 0 Å². The summed E-state index contributed by atoms with van der Waals surface area (Å²) in [4.78, 5) is 14.4. The maximum absolute atomic E-state index is 10.7. The Labute approximate surface area is 134 Å². The lowest BCUT2D eigenvalue weighted by atomic mass is 9.93. The van der Waals surface area contributed by atoms with Crippen molar-refractivity contribution in [2.45, 2.75) is 6.42 Å². The van der Waals surface area contributed by atoms with Gasteiger partial charge in [0.15, 0.2) is 0 Å². The fourth-order valence-electron chi connectivity index (χ4n) is 3.07. The first-order chi connectivity index (χ1) is 11.3. The molecule has 0 saturated heterocycles. The molecule has 2 nitrogen and oxygen atoms in total. The van der Waals surface area contributed by atoms with E-state index >= 15 is 0 Å². The Balaban J connectivity index is 0.000000122. The molecule has 1 aliphatic heterocycles. The third-order valence-corrected chi connectivity index (χ3v) is 4.10. The summed E-state index contributed by atoms with van der Waals surface area (Å²) in [5.41, 5.74) is 2.81. The highest BCUT2D eigenvalue weighted by Crippen LogP contribution is 2.27. The fourth-order valence-corrected chi connectivity index (χ4v) is 3.07. The highest BCUT2D eigenvalue weighted by Gasteiger charge is 2.06. The van der Waals surface area contributed by atoms with Crippen LogP contribution >= 0.6 is 0 Å². The number of benzene rings is 3. The van der Waals surface area contributed by atoms with Gasteiger partial charge in [0, 0.05) is 11.3 Å². The Morgan fingerprint density at radius 3 is 2.57 bits per heavy atom. The molecule has 23 heavy (non-hydrogen) atoms. The van der Waals surface area contributed by atoms with E-state index in [0.717, 1.165) is 17.0 Å². The molecule has 0 spiro atoms. The summed E-state index contributed by atoms with van der Waals surface area (Å²) in [5, 5.41) is 4.51. The van der Waals surface area contributed by atoms with E-state index in [0.29, 0.717) is 0 Å². The van der Waals surface area contributed by atoms with Crippen LogP contribution in [0, 0.1) is 0 Å². The summed E-state index contributed by atoms with van der Waals surface area (Å²) in [6.07, 6.45) is 7.07. The largest absolute Gasteiger partial charge is 0.270 e. The second kappa shape index (κ2) is 5.65. The number of hydrogen-bond donors (Lipinski definition) is 0. The van der Waals surface area contributed by atoms with Crippen LogP contribution < -0.4 is 10.6 Å². The van der Waals surface area contributed by atoms with Gasteiger partial charge >= 0.3 is 0 Å². The second-order valence-electron chi connectivity index (χ2n) is 5.62. The molecular weight excluding hydrogens is 282 g/mol. The van der Waals surface area contributed by atoms with E-state index in [1.165, 1.54) is 28.0 Å². The van der Waals surface area contributed by atoms with Crippen molar-refractivity contribution in [2.24, 2.45) is 4.99 Å². The van der Waals surface area contributed by atoms with Gasteiger partial charge in [0.1, 0.15) is 0 Å². The molecule has 0 atom stereocenters. The normalized spacial score (nSPS) is 13.7. The van der Waals surface area contributed by atoms with E-state index in [2.05, 4.69) is 53.5 Å². The van der Waals surface area contributed by atoms with E-state index in [9.17, 15) is 4.79 Å². The summed E-state index contributed by atoms with van der Waals surface area (Å²) >= 11 is 0. The summed E-state index contributed by atoms with van der Waals surface area (Å²) in [6.45, 7) is 0. The van der Waals surface area contributed by atoms with E-state index in [1.807, 2.05) is 24.3 Å². The van der Waals surface area contributed by atoms with E-state index in [4.69, 9.17) is 0 Å². The number of carbonyl (C=O) groups is 1. The molecule has 3 aromatic carbocycles. The van der Waals surface area contributed by atoms with Gasteiger partial charge in [0.05, 0.1) is 5.36 Å². The van der Waals surface area contributed by atoms with Crippen LogP contribution in [0.5, 0.6) is 0 Å². The maximum atomic E-state index is 10.7. The molecule has 1 aliphatic carbocycles. The summed E-state index contributed by atoms with van der Waals surface area (Å²) in [6, 6.07) is 20.5. The Hall–Kier alpha value is -3.00. The quantitative estimate of drug-likeness (QED) is 0.627. The average molecular weight is 297 g/mol. The molecule has 3 aromatic rings. The molecule has 0 radical (unpaired) electrons. The minimum Gasteiger partial charge on any atom is -0.267 e. The molecule has 2 aliphatic rings. The molecular formula is C21H15NO. The zero-order valence-electron chi connectivity index (χ0n) is 12.6. The molecule has 2 heteroatoms. The number of amides is 1. The smallest absolute Gasteiger partial charge is 0.267 e. The van der Waals surface area contributed by atoms with Crippen LogP contribution in [0.2, 0.25) is 0 Å². The molecule has 0 N–H and O–H groups in total. The molecule has 0 unspecified atom stereocenters. The van der Waals surface area contributed by atoms with E-state index in [1.54, 1.807) is 0 Å². The van der Waals surface area contributed by atoms with Gasteiger partial charge in [0.25, 0.3) is 5.91 Å². The summed E-state index contributed by atoms with van der Waals surface area (Å²) in [7, 11) is 0. The summed E-state index contributed by atoms with van der Waals surface area (Å²) in [5.74, 6) is -0.152. The van der Waals surface area contributed by atoms with Gasteiger partial charge in [-0.05, 0) is 34.4 Å². The monoisotopic (exact) mass is 297 g/mol. The standard InChI is InChI=1S/C13H10.C8H5NO/c1-4-10-6-2-8-12-9-3-7-11(5-1)13(10)12;10-8-5-6-3-1-2-4-7(6)9-8/h1-8H,9H2;1-5H. The van der Waals surface area contributed by atoms with Gasteiger partial charge in [0.2, 0.25) is 0 Å². The first-order valence-electron chi connectivity index (χ1n) is 7.68. The lowest BCUT2D eigenvalue weighted by Crippen LogP contribution is -2.19. The Morgan fingerprint density at radius 1 is 0.870 bits per heavy atom. The number of fused-ring (bicyclic) bond motifs is 1. The van der Waals surface area contributed by atoms with Crippen LogP contribution in [0.25, 0.3) is 22.9 Å². The SMILES string of the molecule is C1=Cc2cccc3cccc(c23)C1.O=C1C=c2ccccc2=N1. The Kier molecular flexibility index (Phi) is 3.35. The van der Waals surface area contributed by atoms with Gasteiger partial charge in [-0.25, -0.2) is 4.99 Å². The van der Waals surface area contributed by atoms with Crippen molar-refractivity contribution in [1.29, 1.82) is 0 Å². The van der Waals surface area contributed by atoms with Gasteiger partial charge in [-0.1, -0.05) is 66.7 Å². The zero-order chi connectivity index (χ0) is 15.6. The topological polar surface area (TPSA) is 29.4 Å². The summed E-state index contributed by atoms with van der Waals surface area (Å²) < 4.78 is 0. The van der Waals surface area contributed by atoms with Crippen molar-refractivity contribution >= 4 is 28.8 Å². The van der Waals surface area contributed by atoms with Gasteiger partial charge in [-0.15, -0.1) is 0 Å². The third-order valence-electron chi connectivity index (χ3n) is 4.10. The fraction of sp³-hybridized carbons (Fsp3) is 0.0476. The molecule has 0 bridgehead atoms. The van der Waals surface area contributed by atoms with E-state index in [-0.39, 0.29) is 5.91 Å². The average Bonchev–Trinajstić information content (AvgIpc) is 2.96. The Morgan fingerprint density at radius 2 is 1.70 bits per heavy atom. The van der Waals surface area contributed by atoms with Gasteiger partial charge in [-0.3, -0.25) is 4.79 Å². The number of allylic oxidation sites excluding steroid dienone is 1. The Bertz CT molecular complexity index is 1020. The lowest BCUT2D eigenvalue weighted by molar-refractivity contribution is -0.112. The number of para-hydroxylation sites is 1. The van der Waals surface area contributed by atoms with Gasteiger partial charge < -0.3 is 0 Å². The predicted octanol–water partition coefficient (Wildman–Crippen LogP) is 3.04. The molecule has 1 amide bonds. The van der Waals surface area contributed by atoms with Crippen LogP contribution in [-0.4, -0.2) is 5.91 Å². The van der Waals surface area contributed by atoms with Gasteiger partial charge in [-0.2, -0.15) is 0 Å². The van der Waals surface area contributed by atoms with Crippen molar-refractivity contribution < 1.29 is 4.79 Å². The minimum absolute atomic E-state index is 0.152. The van der Waals surface area contributed by atoms with Crippen molar-refractivity contribution in [2.75, 3.05) is 0 Å². The number of rotatable bonds is 0. The van der Waals surface area contributed by atoms with Crippen LogP contribution in [-0.2, 0) is 11.2 Å². The highest BCUT2D eigenvalue weighted by molar-refractivity contribution is 6.06. The minimum atomic E-state index is -0.152. The van der Waals surface area contributed by atoms with Crippen molar-refractivity contribution in [1.82, 2.24) is 0 Å². The molecule has 0 saturated carbocycles. The second-order valence-corrected chi connectivity index (χ2v) is 5.62. The highest BCUT2D eigenvalue weighted by atomic mass is 16.1. The molecule has 1 heterocycles. The maximum Gasteiger partial charge on any atom is 0.270 e. The first-order valence-corrected chi connectivity index (χ1v) is 7.68. The molecule has 0 fully saturated rings. The van der Waals surface area contributed by atoms with E-state index < -0.39 is 0 Å². The lowest BCUT2D eigenvalue weighted by Gasteiger charge is -2.11. The van der Waals surface area contributed by atoms with Crippen molar-refractivity contribution in [3.05, 3.63) is 88.4 Å². The molecule has 0 aromatic heterocycles. The molecule has 5 rings (SSSR count). The number of carbonyl (C=O) groups excluding carboxylic acids is 1. The predicted molar refractivity (Wildman–Crippen MR) is 93.4 cm³/mol. The number of nitrogens with zero attached hydrogens (tertiary/aromatic N) is 1. The zero-order valence-corrected chi connectivity index (χ0v) is 12.6. The molecule has 110 valence electrons.